The van der Waals surface area contributed by atoms with Crippen molar-refractivity contribution in [2.45, 2.75) is 4.71 Å². The highest BCUT2D eigenvalue weighted by molar-refractivity contribution is 8.12. The van der Waals surface area contributed by atoms with Crippen molar-refractivity contribution in [3.05, 3.63) is 11.5 Å². The average molecular weight is 131 g/mol. The van der Waals surface area contributed by atoms with E-state index in [1.807, 2.05) is 11.5 Å². The van der Waals surface area contributed by atoms with E-state index in [1.165, 1.54) is 0 Å². The molecule has 0 aromatic rings. The van der Waals surface area contributed by atoms with Gasteiger partial charge in [0.2, 0.25) is 0 Å². The van der Waals surface area contributed by atoms with Gasteiger partial charge in [-0.15, -0.1) is 12.6 Å². The largest absolute Gasteiger partial charge is 0.268 e. The van der Waals surface area contributed by atoms with E-state index >= 15 is 0 Å². The molecule has 0 N–H and O–H groups in total. The van der Waals surface area contributed by atoms with Gasteiger partial charge in [-0.1, -0.05) is 11.8 Å². The number of hydrogen-bond acceptors (Lipinski definition) is 3. The third-order valence-electron chi connectivity index (χ3n) is 0.579. The third kappa shape index (κ3) is 1.57. The van der Waals surface area contributed by atoms with Gasteiger partial charge in [0.05, 0.1) is 0 Å². The molecule has 0 aliphatic carbocycles. The van der Waals surface area contributed by atoms with Crippen LogP contribution in [0.1, 0.15) is 0 Å². The summed E-state index contributed by atoms with van der Waals surface area (Å²) >= 11 is 5.68. The van der Waals surface area contributed by atoms with Crippen molar-refractivity contribution in [2.24, 2.45) is 4.99 Å². The van der Waals surface area contributed by atoms with Crippen molar-refractivity contribution in [3.8, 4) is 0 Å². The Morgan fingerprint density at radius 2 is 2.57 bits per heavy atom. The molecule has 0 aromatic heterocycles. The molecule has 0 aromatic carbocycles. The summed E-state index contributed by atoms with van der Waals surface area (Å²) in [6.45, 7) is 0. The standard InChI is InChI=1S/C4H5NS2/c6-4-5-2-1-3-7-4/h1-4,6H. The molecule has 1 rings (SSSR count). The van der Waals surface area contributed by atoms with Crippen LogP contribution in [-0.2, 0) is 0 Å². The molecule has 0 saturated heterocycles. The summed E-state index contributed by atoms with van der Waals surface area (Å²) in [5, 5.41) is 1.98. The fourth-order valence-electron chi connectivity index (χ4n) is 0.309. The molecule has 7 heavy (non-hydrogen) atoms. The highest BCUT2D eigenvalue weighted by atomic mass is 32.2. The molecule has 3 heteroatoms. The van der Waals surface area contributed by atoms with Gasteiger partial charge in [-0.3, -0.25) is 4.99 Å². The maximum absolute atomic E-state index is 4.08. The Morgan fingerprint density at radius 1 is 1.71 bits per heavy atom. The molecule has 1 nitrogen and oxygen atoms in total. The molecule has 0 radical (unpaired) electrons. The lowest BCUT2D eigenvalue weighted by Crippen LogP contribution is -1.86. The monoisotopic (exact) mass is 131 g/mol. The summed E-state index contributed by atoms with van der Waals surface area (Å²) in [5.74, 6) is 0. The summed E-state index contributed by atoms with van der Waals surface area (Å²) in [7, 11) is 0. The number of thioether (sulfide) groups is 1. The maximum atomic E-state index is 4.08. The van der Waals surface area contributed by atoms with Crippen LogP contribution in [0.15, 0.2) is 16.5 Å². The van der Waals surface area contributed by atoms with Crippen LogP contribution < -0.4 is 0 Å². The zero-order valence-corrected chi connectivity index (χ0v) is 5.32. The Bertz CT molecular complexity index is 108. The molecule has 1 unspecified atom stereocenters. The van der Waals surface area contributed by atoms with E-state index in [9.17, 15) is 0 Å². The second kappa shape index (κ2) is 2.43. The summed E-state index contributed by atoms with van der Waals surface area (Å²) in [6, 6.07) is 0. The first kappa shape index (κ1) is 5.25. The van der Waals surface area contributed by atoms with E-state index in [-0.39, 0.29) is 4.71 Å². The number of nitrogens with zero attached hydrogens (tertiary/aromatic N) is 1. The predicted molar refractivity (Wildman–Crippen MR) is 38.0 cm³/mol. The van der Waals surface area contributed by atoms with Crippen LogP contribution in [0.4, 0.5) is 0 Å². The number of thiol groups is 1. The molecule has 0 amide bonds. The fourth-order valence-corrected chi connectivity index (χ4v) is 1.04. The highest BCUT2D eigenvalue weighted by Crippen LogP contribution is 2.18. The quantitative estimate of drug-likeness (QED) is 0.492. The molecule has 0 fully saturated rings. The van der Waals surface area contributed by atoms with Crippen molar-refractivity contribution in [1.29, 1.82) is 0 Å². The number of aliphatic imine (C=N–C) groups is 1. The second-order valence-electron chi connectivity index (χ2n) is 1.09. The van der Waals surface area contributed by atoms with Crippen LogP contribution in [0, 0.1) is 0 Å². The fraction of sp³-hybridized carbons (Fsp3) is 0.250. The normalized spacial score (nSPS) is 28.4. The van der Waals surface area contributed by atoms with Crippen molar-refractivity contribution in [2.75, 3.05) is 0 Å². The van der Waals surface area contributed by atoms with Crippen LogP contribution in [0.5, 0.6) is 0 Å². The van der Waals surface area contributed by atoms with E-state index < -0.39 is 0 Å². The van der Waals surface area contributed by atoms with E-state index in [2.05, 4.69) is 17.6 Å². The highest BCUT2D eigenvalue weighted by Gasteiger charge is 1.95. The van der Waals surface area contributed by atoms with Gasteiger partial charge >= 0.3 is 0 Å². The number of allylic oxidation sites excluding steroid dienone is 1. The third-order valence-corrected chi connectivity index (χ3v) is 1.76. The molecule has 1 aliphatic heterocycles. The van der Waals surface area contributed by atoms with Crippen molar-refractivity contribution >= 4 is 30.6 Å². The molecule has 0 saturated carbocycles. The Kier molecular flexibility index (Phi) is 1.82. The van der Waals surface area contributed by atoms with Gasteiger partial charge < -0.3 is 0 Å². The molecular formula is C4H5NS2. The Hall–Kier alpha value is 0.110. The second-order valence-corrected chi connectivity index (χ2v) is 2.92. The lowest BCUT2D eigenvalue weighted by atomic mass is 10.7. The van der Waals surface area contributed by atoms with Crippen LogP contribution in [-0.4, -0.2) is 10.9 Å². The van der Waals surface area contributed by atoms with E-state index in [1.54, 1.807) is 18.0 Å². The van der Waals surface area contributed by atoms with Crippen molar-refractivity contribution < 1.29 is 0 Å². The predicted octanol–water partition coefficient (Wildman–Crippen LogP) is 1.53. The smallest absolute Gasteiger partial charge is 0.142 e. The first-order valence-electron chi connectivity index (χ1n) is 1.91. The molecular weight excluding hydrogens is 126 g/mol. The maximum Gasteiger partial charge on any atom is 0.142 e. The van der Waals surface area contributed by atoms with Gasteiger partial charge in [0.1, 0.15) is 4.71 Å². The molecule has 0 spiro atoms. The Labute approximate surface area is 52.3 Å². The van der Waals surface area contributed by atoms with Gasteiger partial charge in [0.25, 0.3) is 0 Å². The molecule has 0 bridgehead atoms. The van der Waals surface area contributed by atoms with Gasteiger partial charge in [-0.25, -0.2) is 0 Å². The molecule has 38 valence electrons. The lowest BCUT2D eigenvalue weighted by Gasteiger charge is -2.00. The van der Waals surface area contributed by atoms with E-state index in [0.717, 1.165) is 0 Å². The number of hydrogen-bond donors (Lipinski definition) is 1. The van der Waals surface area contributed by atoms with Gasteiger partial charge in [0.15, 0.2) is 0 Å². The van der Waals surface area contributed by atoms with Gasteiger partial charge in [-0.05, 0) is 11.5 Å². The Morgan fingerprint density at radius 3 is 2.86 bits per heavy atom. The SMILES string of the molecule is SC1N=CC=CS1. The lowest BCUT2D eigenvalue weighted by molar-refractivity contribution is 1.33. The molecule has 1 aliphatic rings. The minimum Gasteiger partial charge on any atom is -0.268 e. The molecule has 1 heterocycles. The molecule has 1 atom stereocenters. The van der Waals surface area contributed by atoms with Crippen molar-refractivity contribution in [3.63, 3.8) is 0 Å². The first-order valence-corrected chi connectivity index (χ1v) is 3.37. The van der Waals surface area contributed by atoms with Crippen molar-refractivity contribution in [1.82, 2.24) is 0 Å². The summed E-state index contributed by atoms with van der Waals surface area (Å²) in [6.07, 6.45) is 3.66. The van der Waals surface area contributed by atoms with Gasteiger partial charge in [0, 0.05) is 6.21 Å². The zero-order valence-electron chi connectivity index (χ0n) is 3.61. The van der Waals surface area contributed by atoms with E-state index in [0.29, 0.717) is 0 Å². The zero-order chi connectivity index (χ0) is 5.11. The Balaban J connectivity index is 2.49. The summed E-state index contributed by atoms with van der Waals surface area (Å²) in [5.41, 5.74) is 0. The van der Waals surface area contributed by atoms with Crippen LogP contribution in [0.25, 0.3) is 0 Å². The van der Waals surface area contributed by atoms with Crippen LogP contribution >= 0.6 is 24.4 Å². The van der Waals surface area contributed by atoms with Gasteiger partial charge in [-0.2, -0.15) is 0 Å². The van der Waals surface area contributed by atoms with Crippen LogP contribution in [0.3, 0.4) is 0 Å². The number of rotatable bonds is 0. The average Bonchev–Trinajstić information content (AvgIpc) is 1.69. The topological polar surface area (TPSA) is 12.4 Å². The van der Waals surface area contributed by atoms with Crippen LogP contribution in [0.2, 0.25) is 0 Å². The minimum atomic E-state index is 0.130. The first-order chi connectivity index (χ1) is 3.39. The van der Waals surface area contributed by atoms with E-state index in [4.69, 9.17) is 0 Å². The summed E-state index contributed by atoms with van der Waals surface area (Å²) < 4.78 is 0.130. The summed E-state index contributed by atoms with van der Waals surface area (Å²) in [4.78, 5) is 3.95. The minimum absolute atomic E-state index is 0.130.